The summed E-state index contributed by atoms with van der Waals surface area (Å²) in [4.78, 5) is 27.1. The Morgan fingerprint density at radius 3 is 2.11 bits per heavy atom. The number of benzene rings is 3. The number of pyridine rings is 1. The molecule has 0 fully saturated rings. The molecule has 0 spiro atoms. The van der Waals surface area contributed by atoms with Crippen LogP contribution in [0.15, 0.2) is 66.7 Å². The van der Waals surface area contributed by atoms with Crippen LogP contribution in [0.3, 0.4) is 0 Å². The molecular weight excluding hydrogens is 457 g/mol. The molecule has 0 amide bonds. The Labute approximate surface area is 224 Å². The van der Waals surface area contributed by atoms with E-state index >= 15 is 0 Å². The molecule has 174 valence electrons. The van der Waals surface area contributed by atoms with Gasteiger partial charge in [0.1, 0.15) is 0 Å². The molecule has 0 bridgehead atoms. The fraction of sp³-hybridized carbons (Fsp3) is 0.192. The number of carboxylic acids is 2. The standard InChI is InChI=1S/C26H25N3O5.Na/c1-15(25(30)31)27-18-11-17(14-34-16(2)26(32)33)12-19(13-18)28-24-20-7-3-5-9-22(20)29-23-10-6-4-8-21(23)24;/h3-13,15-16,27H,14H2,1-2H3,(H,28,29)(H,30,31)(H,32,33);/q;+1/p-1. The van der Waals surface area contributed by atoms with E-state index in [0.29, 0.717) is 16.9 Å². The molecule has 4 aromatic rings. The number of hydrogen-bond donors (Lipinski definition) is 3. The van der Waals surface area contributed by atoms with Crippen LogP contribution < -0.4 is 45.3 Å². The summed E-state index contributed by atoms with van der Waals surface area (Å²) in [5.41, 5.74) is 4.42. The first kappa shape index (κ1) is 26.4. The van der Waals surface area contributed by atoms with Crippen molar-refractivity contribution in [2.75, 3.05) is 10.6 Å². The van der Waals surface area contributed by atoms with E-state index < -0.39 is 24.1 Å². The second kappa shape index (κ2) is 11.5. The van der Waals surface area contributed by atoms with Gasteiger partial charge in [-0.15, -0.1) is 0 Å². The van der Waals surface area contributed by atoms with Crippen molar-refractivity contribution < 1.29 is 54.1 Å². The van der Waals surface area contributed by atoms with Gasteiger partial charge in [-0.05, 0) is 49.7 Å². The molecule has 3 aromatic carbocycles. The van der Waals surface area contributed by atoms with Crippen LogP contribution in [0.25, 0.3) is 21.8 Å². The molecule has 0 radical (unpaired) electrons. The molecule has 0 aliphatic heterocycles. The molecule has 2 atom stereocenters. The van der Waals surface area contributed by atoms with Crippen molar-refractivity contribution in [1.29, 1.82) is 0 Å². The Balaban J connectivity index is 0.00000342. The summed E-state index contributed by atoms with van der Waals surface area (Å²) in [6.45, 7) is 2.98. The van der Waals surface area contributed by atoms with Gasteiger partial charge in [-0.2, -0.15) is 0 Å². The van der Waals surface area contributed by atoms with Crippen LogP contribution in [0, 0.1) is 0 Å². The Hall–Kier alpha value is -3.17. The van der Waals surface area contributed by atoms with E-state index in [1.54, 1.807) is 12.1 Å². The first-order chi connectivity index (χ1) is 16.3. The molecule has 9 heteroatoms. The third-order valence-electron chi connectivity index (χ3n) is 5.43. The third kappa shape index (κ3) is 6.29. The van der Waals surface area contributed by atoms with Crippen LogP contribution in [0.1, 0.15) is 19.4 Å². The minimum absolute atomic E-state index is 0. The van der Waals surface area contributed by atoms with Crippen molar-refractivity contribution in [3.8, 4) is 0 Å². The van der Waals surface area contributed by atoms with Gasteiger partial charge in [0.2, 0.25) is 0 Å². The second-order valence-corrected chi connectivity index (χ2v) is 8.04. The predicted molar refractivity (Wildman–Crippen MR) is 129 cm³/mol. The minimum Gasteiger partial charge on any atom is -0.548 e. The maximum Gasteiger partial charge on any atom is 1.00 e. The van der Waals surface area contributed by atoms with Crippen LogP contribution in [-0.2, 0) is 20.9 Å². The average molecular weight is 481 g/mol. The van der Waals surface area contributed by atoms with E-state index in [9.17, 15) is 14.7 Å². The number of carbonyl (C=O) groups excluding carboxylic acids is 1. The van der Waals surface area contributed by atoms with Gasteiger partial charge in [0.15, 0.2) is 6.10 Å². The monoisotopic (exact) mass is 481 g/mol. The van der Waals surface area contributed by atoms with Gasteiger partial charge in [0.25, 0.3) is 0 Å². The van der Waals surface area contributed by atoms with E-state index in [4.69, 9.17) is 14.8 Å². The number of hydrogen-bond acceptors (Lipinski definition) is 7. The maximum absolute atomic E-state index is 11.3. The molecule has 1 heterocycles. The molecule has 8 nitrogen and oxygen atoms in total. The van der Waals surface area contributed by atoms with Crippen molar-refractivity contribution in [3.63, 3.8) is 0 Å². The SMILES string of the molecule is CC(Nc1cc(COC(C)C(=O)O)cc(Nc2c3ccccc3nc3ccccc23)c1)C(=O)[O-].[Na+]. The average Bonchev–Trinajstić information content (AvgIpc) is 2.82. The number of aliphatic carboxylic acids is 2. The van der Waals surface area contributed by atoms with E-state index in [1.807, 2.05) is 54.6 Å². The number of fused-ring (bicyclic) bond motifs is 2. The summed E-state index contributed by atoms with van der Waals surface area (Å²) >= 11 is 0. The van der Waals surface area contributed by atoms with Crippen molar-refractivity contribution in [2.45, 2.75) is 32.6 Å². The number of nitrogens with one attached hydrogen (secondary N) is 2. The predicted octanol–water partition coefficient (Wildman–Crippen LogP) is 0.676. The Bertz CT molecular complexity index is 1320. The van der Waals surface area contributed by atoms with Crippen LogP contribution in [0.5, 0.6) is 0 Å². The molecule has 2 unspecified atom stereocenters. The smallest absolute Gasteiger partial charge is 0.548 e. The molecule has 0 aliphatic rings. The first-order valence-corrected chi connectivity index (χ1v) is 10.8. The molecule has 0 aliphatic carbocycles. The van der Waals surface area contributed by atoms with Gasteiger partial charge in [0, 0.05) is 22.1 Å². The first-order valence-electron chi connectivity index (χ1n) is 10.8. The van der Waals surface area contributed by atoms with Crippen molar-refractivity contribution >= 4 is 50.8 Å². The fourth-order valence-corrected chi connectivity index (χ4v) is 3.65. The molecule has 35 heavy (non-hydrogen) atoms. The van der Waals surface area contributed by atoms with Gasteiger partial charge in [0.05, 0.1) is 35.3 Å². The normalized spacial score (nSPS) is 12.5. The van der Waals surface area contributed by atoms with E-state index in [0.717, 1.165) is 27.5 Å². The van der Waals surface area contributed by atoms with Gasteiger partial charge in [-0.25, -0.2) is 9.78 Å². The van der Waals surface area contributed by atoms with Gasteiger partial charge < -0.3 is 30.4 Å². The zero-order valence-corrected chi connectivity index (χ0v) is 21.7. The molecule has 0 saturated heterocycles. The van der Waals surface area contributed by atoms with Crippen molar-refractivity contribution in [3.05, 3.63) is 72.3 Å². The summed E-state index contributed by atoms with van der Waals surface area (Å²) in [6.07, 6.45) is -0.983. The number of carboxylic acid groups (broad SMARTS) is 2. The van der Waals surface area contributed by atoms with Crippen molar-refractivity contribution in [2.24, 2.45) is 0 Å². The molecular formula is C26H24N3NaO5. The Morgan fingerprint density at radius 2 is 1.54 bits per heavy atom. The van der Waals surface area contributed by atoms with Crippen LogP contribution in [0.2, 0.25) is 0 Å². The number of para-hydroxylation sites is 2. The summed E-state index contributed by atoms with van der Waals surface area (Å²) in [7, 11) is 0. The van der Waals surface area contributed by atoms with Gasteiger partial charge >= 0.3 is 35.5 Å². The summed E-state index contributed by atoms with van der Waals surface area (Å²) in [6, 6.07) is 20.0. The van der Waals surface area contributed by atoms with Crippen molar-refractivity contribution in [1.82, 2.24) is 4.98 Å². The summed E-state index contributed by atoms with van der Waals surface area (Å²) in [5, 5.41) is 28.6. The number of aromatic nitrogens is 1. The molecule has 4 rings (SSSR count). The molecule has 0 saturated carbocycles. The zero-order chi connectivity index (χ0) is 24.2. The largest absolute Gasteiger partial charge is 1.00 e. The number of carbonyl (C=O) groups is 2. The number of rotatable bonds is 9. The maximum atomic E-state index is 11.3. The number of nitrogens with zero attached hydrogens (tertiary/aromatic N) is 1. The quantitative estimate of drug-likeness (QED) is 0.236. The Morgan fingerprint density at radius 1 is 0.971 bits per heavy atom. The summed E-state index contributed by atoms with van der Waals surface area (Å²) < 4.78 is 5.45. The number of ether oxygens (including phenoxy) is 1. The topological polar surface area (TPSA) is 124 Å². The fourth-order valence-electron chi connectivity index (χ4n) is 3.65. The van der Waals surface area contributed by atoms with Gasteiger partial charge in [-0.1, -0.05) is 36.4 Å². The minimum atomic E-state index is -1.23. The third-order valence-corrected chi connectivity index (χ3v) is 5.43. The van der Waals surface area contributed by atoms with Crippen LogP contribution in [-0.4, -0.2) is 34.2 Å². The summed E-state index contributed by atoms with van der Waals surface area (Å²) in [5.74, 6) is -2.30. The van der Waals surface area contributed by atoms with Crippen LogP contribution in [0.4, 0.5) is 17.1 Å². The Kier molecular flexibility index (Phi) is 8.69. The van der Waals surface area contributed by atoms with E-state index in [1.165, 1.54) is 13.8 Å². The van der Waals surface area contributed by atoms with Gasteiger partial charge in [-0.3, -0.25) is 0 Å². The zero-order valence-electron chi connectivity index (χ0n) is 19.7. The second-order valence-electron chi connectivity index (χ2n) is 8.04. The van der Waals surface area contributed by atoms with Crippen LogP contribution >= 0.6 is 0 Å². The number of anilines is 3. The van der Waals surface area contributed by atoms with E-state index in [2.05, 4.69) is 10.6 Å². The molecule has 3 N–H and O–H groups in total. The van der Waals surface area contributed by atoms with E-state index in [-0.39, 0.29) is 36.2 Å². The molecule has 1 aromatic heterocycles.